The van der Waals surface area contributed by atoms with Gasteiger partial charge < -0.3 is 24.6 Å². The number of rotatable bonds is 5. The van der Waals surface area contributed by atoms with Gasteiger partial charge in [0, 0.05) is 42.5 Å². The lowest BCUT2D eigenvalue weighted by molar-refractivity contribution is -0.117. The topological polar surface area (TPSA) is 77.0 Å². The van der Waals surface area contributed by atoms with Crippen molar-refractivity contribution in [1.29, 1.82) is 0 Å². The van der Waals surface area contributed by atoms with Crippen LogP contribution in [0.15, 0.2) is 91.0 Å². The fraction of sp³-hybridized carbons (Fsp3) is 0.216. The first-order valence-electron chi connectivity index (χ1n) is 14.4. The molecule has 0 saturated heterocycles. The van der Waals surface area contributed by atoms with Crippen LogP contribution in [0.25, 0.3) is 0 Å². The largest absolute Gasteiger partial charge is 0.507 e. The van der Waals surface area contributed by atoms with Gasteiger partial charge in [0.15, 0.2) is 0 Å². The standard InChI is InChI=1S/C37H35NO5/c1-41-34-24-11-6-12-25(34)18-27-14-8-16-29(36(27)43-3)20-31-22-32(38-37(40)23-9-4-5-10-23)21-30(33(31)39)19-28-15-7-13-26(17-24)35(28)42-2/h4-16,21-23,39H,17-20H2,1-3H3,(H,38,40). The molecule has 0 saturated carbocycles. The maximum Gasteiger partial charge on any atom is 0.235 e. The van der Waals surface area contributed by atoms with E-state index in [1.165, 1.54) is 0 Å². The first kappa shape index (κ1) is 28.2. The number of carbonyl (C=O) groups is 1. The lowest BCUT2D eigenvalue weighted by Crippen LogP contribution is -2.19. The maximum atomic E-state index is 13.1. The minimum atomic E-state index is -0.325. The number of anilines is 1. The average Bonchev–Trinajstić information content (AvgIpc) is 3.55. The number of aromatic hydroxyl groups is 1. The van der Waals surface area contributed by atoms with E-state index < -0.39 is 0 Å². The number of ether oxygens (including phenoxy) is 3. The number of carbonyl (C=O) groups excluding carboxylic acids is 1. The predicted molar refractivity (Wildman–Crippen MR) is 169 cm³/mol. The van der Waals surface area contributed by atoms with Gasteiger partial charge in [-0.05, 0) is 45.5 Å². The monoisotopic (exact) mass is 573 g/mol. The number of hydrogen-bond acceptors (Lipinski definition) is 5. The highest BCUT2D eigenvalue weighted by Gasteiger charge is 2.22. The summed E-state index contributed by atoms with van der Waals surface area (Å²) in [7, 11) is 5.07. The van der Waals surface area contributed by atoms with Gasteiger partial charge in [0.05, 0.1) is 27.2 Å². The van der Waals surface area contributed by atoms with Crippen LogP contribution in [0.3, 0.4) is 0 Å². The van der Waals surface area contributed by atoms with Crippen LogP contribution in [-0.4, -0.2) is 32.3 Å². The van der Waals surface area contributed by atoms with Crippen LogP contribution in [0.1, 0.15) is 44.5 Å². The Morgan fingerprint density at radius 3 is 1.33 bits per heavy atom. The van der Waals surface area contributed by atoms with Crippen LogP contribution in [0.4, 0.5) is 5.69 Å². The van der Waals surface area contributed by atoms with Crippen LogP contribution >= 0.6 is 0 Å². The van der Waals surface area contributed by atoms with Crippen LogP contribution in [0.5, 0.6) is 23.0 Å². The Hall–Kier alpha value is -4.97. The molecule has 6 rings (SSSR count). The molecule has 43 heavy (non-hydrogen) atoms. The van der Waals surface area contributed by atoms with E-state index in [0.29, 0.717) is 42.5 Å². The minimum Gasteiger partial charge on any atom is -0.507 e. The highest BCUT2D eigenvalue weighted by Crippen LogP contribution is 2.39. The second kappa shape index (κ2) is 12.1. The number of methoxy groups -OCH3 is 3. The van der Waals surface area contributed by atoms with E-state index in [-0.39, 0.29) is 17.6 Å². The quantitative estimate of drug-likeness (QED) is 0.227. The Bertz CT molecular complexity index is 1640. The third kappa shape index (κ3) is 5.61. The molecule has 6 heteroatoms. The number of para-hydroxylation sites is 3. The fourth-order valence-electron chi connectivity index (χ4n) is 6.29. The van der Waals surface area contributed by atoms with Gasteiger partial charge in [-0.15, -0.1) is 0 Å². The minimum absolute atomic E-state index is 0.121. The van der Waals surface area contributed by atoms with Gasteiger partial charge in [-0.1, -0.05) is 78.9 Å². The van der Waals surface area contributed by atoms with Gasteiger partial charge in [-0.3, -0.25) is 4.79 Å². The summed E-state index contributed by atoms with van der Waals surface area (Å²) in [5.41, 5.74) is 8.06. The smallest absolute Gasteiger partial charge is 0.235 e. The van der Waals surface area contributed by atoms with Crippen LogP contribution in [-0.2, 0) is 30.5 Å². The van der Waals surface area contributed by atoms with Crippen molar-refractivity contribution in [3.63, 3.8) is 0 Å². The molecular formula is C37H35NO5. The second-order valence-electron chi connectivity index (χ2n) is 11.0. The van der Waals surface area contributed by atoms with Gasteiger partial charge in [0.25, 0.3) is 0 Å². The molecule has 218 valence electrons. The molecule has 0 fully saturated rings. The van der Waals surface area contributed by atoms with E-state index in [0.717, 1.165) is 50.6 Å². The van der Waals surface area contributed by atoms with Gasteiger partial charge >= 0.3 is 0 Å². The highest BCUT2D eigenvalue weighted by molar-refractivity contribution is 5.95. The van der Waals surface area contributed by atoms with E-state index in [9.17, 15) is 9.90 Å². The van der Waals surface area contributed by atoms with Crippen molar-refractivity contribution >= 4 is 11.6 Å². The number of phenols is 1. The van der Waals surface area contributed by atoms with E-state index in [1.54, 1.807) is 21.3 Å². The zero-order valence-electron chi connectivity index (χ0n) is 24.6. The van der Waals surface area contributed by atoms with Crippen LogP contribution in [0.2, 0.25) is 0 Å². The lowest BCUT2D eigenvalue weighted by Gasteiger charge is -2.21. The summed E-state index contributed by atoms with van der Waals surface area (Å²) in [6.07, 6.45) is 9.52. The Morgan fingerprint density at radius 1 is 0.628 bits per heavy atom. The normalized spacial score (nSPS) is 13.9. The molecule has 0 aromatic heterocycles. The van der Waals surface area contributed by atoms with E-state index >= 15 is 0 Å². The summed E-state index contributed by atoms with van der Waals surface area (Å²) in [5.74, 6) is 2.14. The average molecular weight is 574 g/mol. The second-order valence-corrected chi connectivity index (χ2v) is 11.0. The van der Waals surface area contributed by atoms with Gasteiger partial charge in [-0.25, -0.2) is 0 Å². The number of allylic oxidation sites excluding steroid dienone is 2. The Balaban J connectivity index is 1.53. The molecule has 1 amide bonds. The van der Waals surface area contributed by atoms with Gasteiger partial charge in [0.2, 0.25) is 5.91 Å². The molecule has 2 aliphatic carbocycles. The van der Waals surface area contributed by atoms with Crippen molar-refractivity contribution in [2.24, 2.45) is 5.92 Å². The molecule has 0 spiro atoms. The third-order valence-electron chi connectivity index (χ3n) is 8.26. The highest BCUT2D eigenvalue weighted by atomic mass is 16.5. The summed E-state index contributed by atoms with van der Waals surface area (Å²) in [4.78, 5) is 13.1. The Kier molecular flexibility index (Phi) is 7.93. The summed E-state index contributed by atoms with van der Waals surface area (Å²) in [6, 6.07) is 22.2. The fourth-order valence-corrected chi connectivity index (χ4v) is 6.29. The van der Waals surface area contributed by atoms with Crippen LogP contribution < -0.4 is 19.5 Å². The van der Waals surface area contributed by atoms with Crippen LogP contribution in [0, 0.1) is 5.92 Å². The SMILES string of the molecule is COc1c2cccc1Cc1cccc(c1OC)Cc1cccc(c1OC)Cc1cc(NC(=O)C3C=CC=C3)cc(c1O)C2. The molecule has 0 aliphatic heterocycles. The molecule has 8 bridgehead atoms. The molecular weight excluding hydrogens is 538 g/mol. The van der Waals surface area contributed by atoms with Gasteiger partial charge in [0.1, 0.15) is 23.0 Å². The maximum absolute atomic E-state index is 13.1. The number of fused-ring (bicyclic) bond motifs is 8. The Labute approximate surface area is 252 Å². The molecule has 0 radical (unpaired) electrons. The molecule has 0 unspecified atom stereocenters. The first-order valence-corrected chi connectivity index (χ1v) is 14.4. The van der Waals surface area contributed by atoms with E-state index in [1.807, 2.05) is 60.7 Å². The number of phenolic OH excluding ortho intramolecular Hbond substituents is 1. The third-order valence-corrected chi connectivity index (χ3v) is 8.26. The predicted octanol–water partition coefficient (Wildman–Crippen LogP) is 6.78. The number of benzene rings is 4. The van der Waals surface area contributed by atoms with Gasteiger partial charge in [-0.2, -0.15) is 0 Å². The number of hydrogen-bond donors (Lipinski definition) is 2. The van der Waals surface area contributed by atoms with Crippen molar-refractivity contribution < 1.29 is 24.1 Å². The zero-order chi connectivity index (χ0) is 29.9. The molecule has 4 aromatic rings. The zero-order valence-corrected chi connectivity index (χ0v) is 24.6. The lowest BCUT2D eigenvalue weighted by atomic mass is 9.91. The first-order chi connectivity index (χ1) is 21.0. The molecule has 4 aromatic carbocycles. The van der Waals surface area contributed by atoms with Crippen molar-refractivity contribution in [3.8, 4) is 23.0 Å². The number of amides is 1. The van der Waals surface area contributed by atoms with Crippen molar-refractivity contribution in [2.75, 3.05) is 26.6 Å². The van der Waals surface area contributed by atoms with E-state index in [4.69, 9.17) is 14.2 Å². The van der Waals surface area contributed by atoms with Crippen molar-refractivity contribution in [3.05, 3.63) is 136 Å². The summed E-state index contributed by atoms with van der Waals surface area (Å²) < 4.78 is 17.9. The Morgan fingerprint density at radius 2 is 0.977 bits per heavy atom. The molecule has 6 nitrogen and oxygen atoms in total. The molecule has 2 aliphatic rings. The van der Waals surface area contributed by atoms with E-state index in [2.05, 4.69) is 35.6 Å². The summed E-state index contributed by atoms with van der Waals surface area (Å²) in [6.45, 7) is 0. The molecule has 2 N–H and O–H groups in total. The summed E-state index contributed by atoms with van der Waals surface area (Å²) in [5, 5.41) is 14.7. The summed E-state index contributed by atoms with van der Waals surface area (Å²) >= 11 is 0. The number of nitrogens with one attached hydrogen (secondary N) is 1. The van der Waals surface area contributed by atoms with Crippen molar-refractivity contribution in [1.82, 2.24) is 0 Å². The molecule has 0 atom stereocenters. The van der Waals surface area contributed by atoms with Crippen molar-refractivity contribution in [2.45, 2.75) is 25.7 Å². The molecule has 0 heterocycles.